The molecule has 0 aromatic heterocycles. The fourth-order valence-electron chi connectivity index (χ4n) is 3.37. The summed E-state index contributed by atoms with van der Waals surface area (Å²) in [6.45, 7) is 8.09. The Hall–Kier alpha value is -0.160. The third-order valence-electron chi connectivity index (χ3n) is 4.50. The highest BCUT2D eigenvalue weighted by Crippen LogP contribution is 2.35. The van der Waals surface area contributed by atoms with Crippen molar-refractivity contribution >= 4 is 0 Å². The van der Waals surface area contributed by atoms with Gasteiger partial charge in [0.1, 0.15) is 0 Å². The van der Waals surface area contributed by atoms with E-state index in [1.165, 1.54) is 38.5 Å². The first-order valence-electron chi connectivity index (χ1n) is 8.29. The minimum atomic E-state index is 0.237. The van der Waals surface area contributed by atoms with Crippen LogP contribution in [0.2, 0.25) is 0 Å². The molecule has 2 N–H and O–H groups in total. The third kappa shape index (κ3) is 6.53. The van der Waals surface area contributed by atoms with Gasteiger partial charge in [-0.1, -0.05) is 32.6 Å². The van der Waals surface area contributed by atoms with Gasteiger partial charge in [-0.05, 0) is 24.8 Å². The molecule has 0 radical (unpaired) electrons. The van der Waals surface area contributed by atoms with E-state index in [-0.39, 0.29) is 6.61 Å². The van der Waals surface area contributed by atoms with Crippen LogP contribution in [-0.4, -0.2) is 63.1 Å². The summed E-state index contributed by atoms with van der Waals surface area (Å²) >= 11 is 0. The van der Waals surface area contributed by atoms with Crippen molar-refractivity contribution in [1.29, 1.82) is 0 Å². The predicted molar refractivity (Wildman–Crippen MR) is 84.1 cm³/mol. The Morgan fingerprint density at radius 2 is 1.85 bits per heavy atom. The number of aliphatic hydroxyl groups is 1. The van der Waals surface area contributed by atoms with Gasteiger partial charge < -0.3 is 15.2 Å². The fourth-order valence-corrected chi connectivity index (χ4v) is 3.37. The van der Waals surface area contributed by atoms with Crippen LogP contribution < -0.4 is 5.32 Å². The van der Waals surface area contributed by atoms with Crippen molar-refractivity contribution in [3.05, 3.63) is 0 Å². The van der Waals surface area contributed by atoms with E-state index in [0.29, 0.717) is 5.41 Å². The molecule has 0 aromatic rings. The molecule has 1 fully saturated rings. The number of hydrogen-bond acceptors (Lipinski definition) is 4. The molecule has 0 spiro atoms. The van der Waals surface area contributed by atoms with Gasteiger partial charge in [0.15, 0.2) is 0 Å². The molecule has 1 aliphatic rings. The second kappa shape index (κ2) is 10.6. The Kier molecular flexibility index (Phi) is 9.44. The van der Waals surface area contributed by atoms with Crippen LogP contribution in [0.1, 0.15) is 45.4 Å². The van der Waals surface area contributed by atoms with Crippen molar-refractivity contribution in [1.82, 2.24) is 10.2 Å². The van der Waals surface area contributed by atoms with Gasteiger partial charge in [-0.3, -0.25) is 4.90 Å². The van der Waals surface area contributed by atoms with Crippen molar-refractivity contribution in [3.63, 3.8) is 0 Å². The molecule has 0 aromatic carbocycles. The summed E-state index contributed by atoms with van der Waals surface area (Å²) in [4.78, 5) is 2.38. The van der Waals surface area contributed by atoms with E-state index in [2.05, 4.69) is 17.1 Å². The molecule has 0 heterocycles. The maximum atomic E-state index is 9.28. The number of ether oxygens (including phenoxy) is 1. The minimum absolute atomic E-state index is 0.237. The molecule has 0 bridgehead atoms. The molecule has 1 rings (SSSR count). The van der Waals surface area contributed by atoms with Crippen LogP contribution in [0.3, 0.4) is 0 Å². The average molecular weight is 286 g/mol. The Balaban J connectivity index is 2.63. The van der Waals surface area contributed by atoms with Gasteiger partial charge in [0, 0.05) is 33.3 Å². The molecule has 0 saturated heterocycles. The van der Waals surface area contributed by atoms with Gasteiger partial charge in [-0.25, -0.2) is 0 Å². The van der Waals surface area contributed by atoms with Crippen molar-refractivity contribution in [2.45, 2.75) is 45.4 Å². The molecule has 0 atom stereocenters. The van der Waals surface area contributed by atoms with Crippen LogP contribution in [0, 0.1) is 5.41 Å². The highest BCUT2D eigenvalue weighted by molar-refractivity contribution is 4.87. The van der Waals surface area contributed by atoms with Crippen molar-refractivity contribution < 1.29 is 9.84 Å². The standard InChI is InChI=1S/C16H34N2O2/c1-3-17-14-16(8-6-4-5-7-9-16)15-18(10-12-19)11-13-20-2/h17,19H,3-15H2,1-2H3. The molecule has 1 aliphatic carbocycles. The van der Waals surface area contributed by atoms with Gasteiger partial charge in [-0.2, -0.15) is 0 Å². The number of methoxy groups -OCH3 is 1. The van der Waals surface area contributed by atoms with Crippen LogP contribution in [-0.2, 0) is 4.74 Å². The van der Waals surface area contributed by atoms with Crippen molar-refractivity contribution in [2.24, 2.45) is 5.41 Å². The van der Waals surface area contributed by atoms with E-state index >= 15 is 0 Å². The first-order chi connectivity index (χ1) is 9.76. The number of nitrogens with zero attached hydrogens (tertiary/aromatic N) is 1. The van der Waals surface area contributed by atoms with E-state index in [1.54, 1.807) is 7.11 Å². The summed E-state index contributed by atoms with van der Waals surface area (Å²) in [5.41, 5.74) is 0.384. The lowest BCUT2D eigenvalue weighted by molar-refractivity contribution is 0.0806. The Labute approximate surface area is 124 Å². The number of nitrogens with one attached hydrogen (secondary N) is 1. The van der Waals surface area contributed by atoms with Gasteiger partial charge >= 0.3 is 0 Å². The topological polar surface area (TPSA) is 44.7 Å². The maximum Gasteiger partial charge on any atom is 0.0589 e. The molecule has 4 heteroatoms. The quantitative estimate of drug-likeness (QED) is 0.602. The second-order valence-electron chi connectivity index (χ2n) is 6.19. The van der Waals surface area contributed by atoms with E-state index < -0.39 is 0 Å². The van der Waals surface area contributed by atoms with Crippen LogP contribution in [0.15, 0.2) is 0 Å². The highest BCUT2D eigenvalue weighted by atomic mass is 16.5. The molecule has 120 valence electrons. The predicted octanol–water partition coefficient (Wildman–Crippen LogP) is 1.88. The van der Waals surface area contributed by atoms with Crippen LogP contribution in [0.5, 0.6) is 0 Å². The average Bonchev–Trinajstić information content (AvgIpc) is 2.69. The van der Waals surface area contributed by atoms with Gasteiger partial charge in [0.05, 0.1) is 13.2 Å². The summed E-state index contributed by atoms with van der Waals surface area (Å²) < 4.78 is 5.21. The summed E-state index contributed by atoms with van der Waals surface area (Å²) in [7, 11) is 1.75. The minimum Gasteiger partial charge on any atom is -0.395 e. The zero-order chi connectivity index (χ0) is 14.7. The SMILES string of the molecule is CCNCC1(CN(CCO)CCOC)CCCCCC1. The molecule has 4 nitrogen and oxygen atoms in total. The van der Waals surface area contributed by atoms with E-state index in [1.807, 2.05) is 0 Å². The highest BCUT2D eigenvalue weighted by Gasteiger charge is 2.32. The number of aliphatic hydroxyl groups excluding tert-OH is 1. The largest absolute Gasteiger partial charge is 0.395 e. The summed E-state index contributed by atoms with van der Waals surface area (Å²) in [6.07, 6.45) is 8.09. The van der Waals surface area contributed by atoms with Gasteiger partial charge in [0.25, 0.3) is 0 Å². The van der Waals surface area contributed by atoms with Crippen molar-refractivity contribution in [3.8, 4) is 0 Å². The number of rotatable bonds is 10. The summed E-state index contributed by atoms with van der Waals surface area (Å²) in [5.74, 6) is 0. The zero-order valence-electron chi connectivity index (χ0n) is 13.5. The molecule has 0 aliphatic heterocycles. The van der Waals surface area contributed by atoms with Crippen molar-refractivity contribution in [2.75, 3.05) is 53.0 Å². The molecule has 1 saturated carbocycles. The van der Waals surface area contributed by atoms with Gasteiger partial charge in [0.2, 0.25) is 0 Å². The molecular formula is C16H34N2O2. The Bertz CT molecular complexity index is 229. The molecule has 0 unspecified atom stereocenters. The van der Waals surface area contributed by atoms with Crippen LogP contribution in [0.25, 0.3) is 0 Å². The Morgan fingerprint density at radius 1 is 1.15 bits per heavy atom. The fraction of sp³-hybridized carbons (Fsp3) is 1.00. The maximum absolute atomic E-state index is 9.28. The van der Waals surface area contributed by atoms with E-state index in [0.717, 1.165) is 39.3 Å². The lowest BCUT2D eigenvalue weighted by Crippen LogP contribution is -2.45. The van der Waals surface area contributed by atoms with Crippen LogP contribution >= 0.6 is 0 Å². The smallest absolute Gasteiger partial charge is 0.0589 e. The molecular weight excluding hydrogens is 252 g/mol. The van der Waals surface area contributed by atoms with Gasteiger partial charge in [-0.15, -0.1) is 0 Å². The van der Waals surface area contributed by atoms with E-state index in [9.17, 15) is 5.11 Å². The zero-order valence-corrected chi connectivity index (χ0v) is 13.5. The normalized spacial score (nSPS) is 19.2. The summed E-state index contributed by atoms with van der Waals surface area (Å²) in [6, 6.07) is 0. The Morgan fingerprint density at radius 3 is 2.40 bits per heavy atom. The lowest BCUT2D eigenvalue weighted by atomic mass is 9.79. The third-order valence-corrected chi connectivity index (χ3v) is 4.50. The molecule has 20 heavy (non-hydrogen) atoms. The van der Waals surface area contributed by atoms with E-state index in [4.69, 9.17) is 4.74 Å². The monoisotopic (exact) mass is 286 g/mol. The first-order valence-corrected chi connectivity index (χ1v) is 8.29. The molecule has 0 amide bonds. The van der Waals surface area contributed by atoms with Crippen LogP contribution in [0.4, 0.5) is 0 Å². The second-order valence-corrected chi connectivity index (χ2v) is 6.19. The summed E-state index contributed by atoms with van der Waals surface area (Å²) in [5, 5.41) is 12.9. The lowest BCUT2D eigenvalue weighted by Gasteiger charge is -2.38. The first kappa shape index (κ1) is 17.9. The number of hydrogen-bond donors (Lipinski definition) is 2.